The Balaban J connectivity index is 1.32. The second kappa shape index (κ2) is 7.57. The molecule has 0 aromatic heterocycles. The number of hydrogen-bond donors (Lipinski definition) is 0. The minimum Gasteiger partial charge on any atom is -0.490 e. The molecule has 3 heteroatoms. The van der Waals surface area contributed by atoms with E-state index < -0.39 is 0 Å². The Morgan fingerprint density at radius 2 is 1.80 bits per heavy atom. The van der Waals surface area contributed by atoms with Crippen LogP contribution in [0.3, 0.4) is 0 Å². The maximum Gasteiger partial charge on any atom is 0.123 e. The molecule has 1 heterocycles. The van der Waals surface area contributed by atoms with Gasteiger partial charge >= 0.3 is 0 Å². The lowest BCUT2D eigenvalue weighted by Crippen LogP contribution is -2.30. The summed E-state index contributed by atoms with van der Waals surface area (Å²) in [7, 11) is 0. The van der Waals surface area contributed by atoms with Crippen molar-refractivity contribution in [2.75, 3.05) is 19.6 Å². The predicted octanol–water partition coefficient (Wildman–Crippen LogP) is 4.79. The molecule has 0 bridgehead atoms. The van der Waals surface area contributed by atoms with Crippen LogP contribution in [0.4, 0.5) is 4.39 Å². The molecule has 0 amide bonds. The van der Waals surface area contributed by atoms with E-state index in [1.54, 1.807) is 23.3 Å². The number of aryl methyl sites for hydroxylation is 1. The number of likely N-dealkylation sites (tertiary alicyclic amines) is 1. The second-order valence-corrected chi connectivity index (χ2v) is 7.36. The summed E-state index contributed by atoms with van der Waals surface area (Å²) in [5.74, 6) is 1.26. The van der Waals surface area contributed by atoms with Crippen LogP contribution in [-0.4, -0.2) is 30.6 Å². The van der Waals surface area contributed by atoms with Gasteiger partial charge in [0.05, 0.1) is 6.10 Å². The molecular weight excluding hydrogens is 313 g/mol. The molecule has 2 aromatic carbocycles. The van der Waals surface area contributed by atoms with E-state index in [-0.39, 0.29) is 11.9 Å². The van der Waals surface area contributed by atoms with Gasteiger partial charge in [-0.15, -0.1) is 0 Å². The fraction of sp³-hybridized carbons (Fsp3) is 0.455. The molecule has 2 aliphatic rings. The highest BCUT2D eigenvalue weighted by Crippen LogP contribution is 2.34. The maximum absolute atomic E-state index is 13.0. The molecule has 1 aliphatic heterocycles. The number of rotatable bonds is 4. The Kier molecular flexibility index (Phi) is 5.02. The van der Waals surface area contributed by atoms with Gasteiger partial charge < -0.3 is 9.64 Å². The average Bonchev–Trinajstić information content (AvgIpc) is 2.90. The second-order valence-electron chi connectivity index (χ2n) is 7.36. The fourth-order valence-corrected chi connectivity index (χ4v) is 4.28. The van der Waals surface area contributed by atoms with Crippen molar-refractivity contribution in [3.05, 3.63) is 65.5 Å². The lowest BCUT2D eigenvalue weighted by molar-refractivity contribution is 0.179. The Labute approximate surface area is 149 Å². The highest BCUT2D eigenvalue weighted by Gasteiger charge is 2.26. The Morgan fingerprint density at radius 1 is 0.960 bits per heavy atom. The van der Waals surface area contributed by atoms with Crippen LogP contribution in [0.5, 0.6) is 5.75 Å². The first-order chi connectivity index (χ1) is 12.3. The van der Waals surface area contributed by atoms with Gasteiger partial charge in [-0.3, -0.25) is 0 Å². The third kappa shape index (κ3) is 4.04. The molecule has 0 radical (unpaired) electrons. The molecule has 1 saturated heterocycles. The van der Waals surface area contributed by atoms with E-state index in [9.17, 15) is 4.39 Å². The minimum absolute atomic E-state index is 0.212. The normalized spacial score (nSPS) is 23.9. The molecule has 4 rings (SSSR count). The zero-order chi connectivity index (χ0) is 17.1. The third-order valence-electron chi connectivity index (χ3n) is 5.62. The molecule has 2 unspecified atom stereocenters. The zero-order valence-electron chi connectivity index (χ0n) is 14.7. The summed E-state index contributed by atoms with van der Waals surface area (Å²) in [5.41, 5.74) is 3.10. The predicted molar refractivity (Wildman–Crippen MR) is 98.6 cm³/mol. The van der Waals surface area contributed by atoms with Crippen molar-refractivity contribution in [1.82, 2.24) is 4.90 Å². The van der Waals surface area contributed by atoms with E-state index in [4.69, 9.17) is 4.74 Å². The van der Waals surface area contributed by atoms with E-state index >= 15 is 0 Å². The molecule has 0 spiro atoms. The van der Waals surface area contributed by atoms with Crippen molar-refractivity contribution < 1.29 is 9.13 Å². The van der Waals surface area contributed by atoms with Gasteiger partial charge in [0.1, 0.15) is 11.6 Å². The number of halogens is 1. The van der Waals surface area contributed by atoms with Gasteiger partial charge in [0.25, 0.3) is 0 Å². The van der Waals surface area contributed by atoms with Crippen LogP contribution in [0.1, 0.15) is 42.7 Å². The Morgan fingerprint density at radius 3 is 2.68 bits per heavy atom. The van der Waals surface area contributed by atoms with Crippen LogP contribution in [0, 0.1) is 5.82 Å². The standard InChI is InChI=1S/C22H26FNO/c23-19-9-11-21(12-10-19)25-20-5-3-14-24(15-13-20)16-18-8-7-17-4-1-2-6-22(17)18/h1-2,4,6,9-12,18,20H,3,5,7-8,13-16H2. The molecule has 0 saturated carbocycles. The van der Waals surface area contributed by atoms with Crippen LogP contribution in [-0.2, 0) is 6.42 Å². The zero-order valence-corrected chi connectivity index (χ0v) is 14.7. The van der Waals surface area contributed by atoms with Crippen LogP contribution in [0.15, 0.2) is 48.5 Å². The van der Waals surface area contributed by atoms with Gasteiger partial charge in [-0.25, -0.2) is 4.39 Å². The van der Waals surface area contributed by atoms with E-state index in [0.717, 1.165) is 31.7 Å². The molecule has 2 atom stereocenters. The summed E-state index contributed by atoms with van der Waals surface area (Å²) < 4.78 is 19.1. The summed E-state index contributed by atoms with van der Waals surface area (Å²) in [6.45, 7) is 3.41. The van der Waals surface area contributed by atoms with Crippen molar-refractivity contribution in [2.24, 2.45) is 0 Å². The van der Waals surface area contributed by atoms with Crippen molar-refractivity contribution in [1.29, 1.82) is 0 Å². The largest absolute Gasteiger partial charge is 0.490 e. The lowest BCUT2D eigenvalue weighted by Gasteiger charge is -2.24. The van der Waals surface area contributed by atoms with Crippen LogP contribution in [0.25, 0.3) is 0 Å². The molecule has 2 aromatic rings. The summed E-state index contributed by atoms with van der Waals surface area (Å²) >= 11 is 0. The number of ether oxygens (including phenoxy) is 1. The van der Waals surface area contributed by atoms with Gasteiger partial charge in [0, 0.05) is 13.1 Å². The first-order valence-corrected chi connectivity index (χ1v) is 9.50. The summed E-state index contributed by atoms with van der Waals surface area (Å²) in [6.07, 6.45) is 6.04. The SMILES string of the molecule is Fc1ccc(OC2CCCN(CC3CCc4ccccc43)CC2)cc1. The quantitative estimate of drug-likeness (QED) is 0.794. The topological polar surface area (TPSA) is 12.5 Å². The molecule has 25 heavy (non-hydrogen) atoms. The molecule has 1 aliphatic carbocycles. The van der Waals surface area contributed by atoms with E-state index in [1.165, 1.54) is 37.9 Å². The highest BCUT2D eigenvalue weighted by molar-refractivity contribution is 5.35. The smallest absolute Gasteiger partial charge is 0.123 e. The number of nitrogens with zero attached hydrogens (tertiary/aromatic N) is 1. The first-order valence-electron chi connectivity index (χ1n) is 9.50. The van der Waals surface area contributed by atoms with Crippen molar-refractivity contribution in [2.45, 2.75) is 44.1 Å². The Bertz CT molecular complexity index is 699. The maximum atomic E-state index is 13.0. The van der Waals surface area contributed by atoms with Gasteiger partial charge in [0.15, 0.2) is 0 Å². The lowest BCUT2D eigenvalue weighted by atomic mass is 10.0. The van der Waals surface area contributed by atoms with Gasteiger partial charge in [-0.2, -0.15) is 0 Å². The average molecular weight is 339 g/mol. The highest BCUT2D eigenvalue weighted by atomic mass is 19.1. The number of benzene rings is 2. The van der Waals surface area contributed by atoms with Crippen molar-refractivity contribution >= 4 is 0 Å². The van der Waals surface area contributed by atoms with E-state index in [2.05, 4.69) is 29.2 Å². The molecule has 1 fully saturated rings. The number of fused-ring (bicyclic) bond motifs is 1. The minimum atomic E-state index is -0.212. The first kappa shape index (κ1) is 16.6. The number of hydrogen-bond acceptors (Lipinski definition) is 2. The van der Waals surface area contributed by atoms with Crippen molar-refractivity contribution in [3.63, 3.8) is 0 Å². The van der Waals surface area contributed by atoms with Gasteiger partial charge in [0.2, 0.25) is 0 Å². The summed E-state index contributed by atoms with van der Waals surface area (Å²) in [6, 6.07) is 15.3. The molecular formula is C22H26FNO. The molecule has 132 valence electrons. The van der Waals surface area contributed by atoms with E-state index in [1.807, 2.05) is 0 Å². The van der Waals surface area contributed by atoms with E-state index in [0.29, 0.717) is 5.92 Å². The summed E-state index contributed by atoms with van der Waals surface area (Å²) in [4.78, 5) is 2.61. The van der Waals surface area contributed by atoms with Gasteiger partial charge in [-0.1, -0.05) is 24.3 Å². The monoisotopic (exact) mass is 339 g/mol. The van der Waals surface area contributed by atoms with Crippen molar-refractivity contribution in [3.8, 4) is 5.75 Å². The van der Waals surface area contributed by atoms with Crippen LogP contribution < -0.4 is 4.74 Å². The summed E-state index contributed by atoms with van der Waals surface area (Å²) in [5, 5.41) is 0. The Hall–Kier alpha value is -1.87. The third-order valence-corrected chi connectivity index (χ3v) is 5.62. The molecule has 2 nitrogen and oxygen atoms in total. The fourth-order valence-electron chi connectivity index (χ4n) is 4.28. The van der Waals surface area contributed by atoms with Crippen LogP contribution >= 0.6 is 0 Å². The molecule has 0 N–H and O–H groups in total. The van der Waals surface area contributed by atoms with Crippen LogP contribution in [0.2, 0.25) is 0 Å². The van der Waals surface area contributed by atoms with Gasteiger partial charge in [-0.05, 0) is 80.0 Å².